The van der Waals surface area contributed by atoms with Crippen molar-refractivity contribution in [3.63, 3.8) is 0 Å². The molecule has 0 saturated carbocycles. The molecule has 1 heterocycles. The van der Waals surface area contributed by atoms with Gasteiger partial charge in [-0.2, -0.15) is 0 Å². The van der Waals surface area contributed by atoms with E-state index < -0.39 is 5.41 Å². The van der Waals surface area contributed by atoms with E-state index in [4.69, 9.17) is 0 Å². The fraction of sp³-hybridized carbons (Fsp3) is 0.0169. The van der Waals surface area contributed by atoms with E-state index in [0.29, 0.717) is 0 Å². The topological polar surface area (TPSA) is 3.24 Å². The number of benzene rings is 10. The highest BCUT2D eigenvalue weighted by atomic mass is 32.2. The van der Waals surface area contributed by atoms with Gasteiger partial charge in [0.15, 0.2) is 0 Å². The van der Waals surface area contributed by atoms with Crippen LogP contribution in [0.4, 0.5) is 17.1 Å². The molecule has 1 spiro atoms. The molecule has 2 aliphatic rings. The van der Waals surface area contributed by atoms with Crippen molar-refractivity contribution in [2.24, 2.45) is 0 Å². The van der Waals surface area contributed by atoms with E-state index in [0.717, 1.165) is 17.1 Å². The molecule has 1 aliphatic heterocycles. The van der Waals surface area contributed by atoms with Crippen molar-refractivity contribution in [1.82, 2.24) is 0 Å². The van der Waals surface area contributed by atoms with Crippen LogP contribution in [0.1, 0.15) is 22.3 Å². The summed E-state index contributed by atoms with van der Waals surface area (Å²) in [4.78, 5) is 5.02. The molecule has 0 N–H and O–H groups in total. The van der Waals surface area contributed by atoms with Crippen molar-refractivity contribution in [1.29, 1.82) is 0 Å². The van der Waals surface area contributed by atoms with Crippen molar-refractivity contribution in [2.75, 3.05) is 4.90 Å². The number of hydrogen-bond donors (Lipinski definition) is 0. The number of fused-ring (bicyclic) bond motifs is 11. The average Bonchev–Trinajstić information content (AvgIpc) is 3.63. The molecule has 1 nitrogen and oxygen atoms in total. The Morgan fingerprint density at radius 3 is 1.25 bits per heavy atom. The molecule has 2 heteroatoms. The normalized spacial score (nSPS) is 13.0. The smallest absolute Gasteiger partial charge is 0.0735 e. The van der Waals surface area contributed by atoms with E-state index in [2.05, 4.69) is 241 Å². The molecule has 10 aromatic carbocycles. The molecule has 12 rings (SSSR count). The predicted octanol–water partition coefficient (Wildman–Crippen LogP) is 16.1. The monoisotopic (exact) mass is 793 g/mol. The Balaban J connectivity index is 1.02. The summed E-state index contributed by atoms with van der Waals surface area (Å²) in [6.07, 6.45) is 0. The van der Waals surface area contributed by atoms with Gasteiger partial charge in [0.25, 0.3) is 0 Å². The van der Waals surface area contributed by atoms with Gasteiger partial charge in [-0.05, 0) is 126 Å². The van der Waals surface area contributed by atoms with Crippen LogP contribution in [0.15, 0.2) is 246 Å². The predicted molar refractivity (Wildman–Crippen MR) is 256 cm³/mol. The van der Waals surface area contributed by atoms with Gasteiger partial charge in [-0.3, -0.25) is 0 Å². The zero-order valence-electron chi connectivity index (χ0n) is 33.4. The molecule has 0 saturated heterocycles. The van der Waals surface area contributed by atoms with Gasteiger partial charge in [0.1, 0.15) is 0 Å². The van der Waals surface area contributed by atoms with Gasteiger partial charge >= 0.3 is 0 Å². The Labute approximate surface area is 361 Å². The van der Waals surface area contributed by atoms with E-state index in [9.17, 15) is 0 Å². The lowest BCUT2D eigenvalue weighted by atomic mass is 9.66. The van der Waals surface area contributed by atoms with Crippen LogP contribution < -0.4 is 4.90 Å². The third-order valence-electron chi connectivity index (χ3n) is 12.8. The Bertz CT molecular complexity index is 3110. The molecule has 286 valence electrons. The second-order valence-electron chi connectivity index (χ2n) is 16.0. The van der Waals surface area contributed by atoms with Gasteiger partial charge in [-0.1, -0.05) is 200 Å². The minimum absolute atomic E-state index is 0.447. The molecule has 0 amide bonds. The first kappa shape index (κ1) is 35.5. The molecular weight excluding hydrogens is 755 g/mol. The van der Waals surface area contributed by atoms with Crippen LogP contribution in [0.25, 0.3) is 55.3 Å². The fourth-order valence-electron chi connectivity index (χ4n) is 10.0. The number of hydrogen-bond acceptors (Lipinski definition) is 2. The lowest BCUT2D eigenvalue weighted by molar-refractivity contribution is 0.726. The van der Waals surface area contributed by atoms with E-state index in [1.54, 1.807) is 0 Å². The Morgan fingerprint density at radius 1 is 0.295 bits per heavy atom. The van der Waals surface area contributed by atoms with E-state index in [1.165, 1.54) is 87.3 Å². The maximum absolute atomic E-state index is 2.52. The summed E-state index contributed by atoms with van der Waals surface area (Å²) < 4.78 is 0. The average molecular weight is 794 g/mol. The summed E-state index contributed by atoms with van der Waals surface area (Å²) in [5.74, 6) is 0. The molecule has 1 aliphatic carbocycles. The van der Waals surface area contributed by atoms with Crippen LogP contribution in [-0.2, 0) is 5.41 Å². The van der Waals surface area contributed by atoms with Crippen LogP contribution in [0.2, 0.25) is 0 Å². The minimum atomic E-state index is -0.447. The molecule has 0 fully saturated rings. The lowest BCUT2D eigenvalue weighted by Crippen LogP contribution is -2.32. The summed E-state index contributed by atoms with van der Waals surface area (Å²) in [6.45, 7) is 0. The van der Waals surface area contributed by atoms with Gasteiger partial charge in [0.2, 0.25) is 0 Å². The van der Waals surface area contributed by atoms with Crippen molar-refractivity contribution in [3.8, 4) is 44.5 Å². The zero-order valence-corrected chi connectivity index (χ0v) is 34.2. The first-order valence-corrected chi connectivity index (χ1v) is 21.8. The number of rotatable bonds is 6. The van der Waals surface area contributed by atoms with Gasteiger partial charge in [0.05, 0.1) is 5.41 Å². The van der Waals surface area contributed by atoms with Gasteiger partial charge in [-0.25, -0.2) is 0 Å². The van der Waals surface area contributed by atoms with E-state index in [-0.39, 0.29) is 0 Å². The van der Waals surface area contributed by atoms with Crippen LogP contribution in [-0.4, -0.2) is 0 Å². The highest BCUT2D eigenvalue weighted by Crippen LogP contribution is 2.63. The van der Waals surface area contributed by atoms with Crippen LogP contribution in [0, 0.1) is 0 Å². The van der Waals surface area contributed by atoms with Crippen LogP contribution in [0.3, 0.4) is 0 Å². The fourth-order valence-corrected chi connectivity index (χ4v) is 11.3. The highest BCUT2D eigenvalue weighted by molar-refractivity contribution is 7.99. The molecule has 0 aromatic heterocycles. The summed E-state index contributed by atoms with van der Waals surface area (Å²) in [6, 6.07) is 87.1. The SMILES string of the molecule is c1ccc(-c2ccc(N(c3ccc(-c4ccccc4)cc3)c3ccc(-c4cc5c(c6ccccc46)Sc4ccccc4C54c5ccccc5-c5ccccc54)cc3)cc2)cc1. The van der Waals surface area contributed by atoms with Crippen LogP contribution >= 0.6 is 11.8 Å². The Kier molecular flexibility index (Phi) is 8.40. The van der Waals surface area contributed by atoms with Crippen molar-refractivity contribution >= 4 is 39.6 Å². The molecule has 0 atom stereocenters. The first-order valence-electron chi connectivity index (χ1n) is 21.0. The molecule has 10 aromatic rings. The maximum atomic E-state index is 2.52. The van der Waals surface area contributed by atoms with Gasteiger partial charge < -0.3 is 4.90 Å². The second-order valence-corrected chi connectivity index (χ2v) is 17.0. The Morgan fingerprint density at radius 2 is 0.705 bits per heavy atom. The molecular formula is C59H39NS. The summed E-state index contributed by atoms with van der Waals surface area (Å²) in [5, 5.41) is 2.55. The molecule has 0 unspecified atom stereocenters. The summed E-state index contributed by atoms with van der Waals surface area (Å²) >= 11 is 1.92. The standard InChI is InChI=1S/C59H39NS/c1-3-15-40(16-4-1)42-27-33-45(34-28-42)60(46-35-29-43(30-36-46)41-17-5-2-6-18-41)47-37-31-44(32-38-47)52-39-56-58(51-22-8-7-19-48(51)52)61-57-26-14-13-25-55(57)59(56)53-23-11-9-20-49(53)50-21-10-12-24-54(50)59/h1-39H. The number of nitrogens with zero attached hydrogens (tertiary/aromatic N) is 1. The van der Waals surface area contributed by atoms with Gasteiger partial charge in [0, 0.05) is 26.9 Å². The third kappa shape index (κ3) is 5.64. The summed E-state index contributed by atoms with van der Waals surface area (Å²) in [7, 11) is 0. The Hall–Kier alpha value is -7.39. The second kappa shape index (κ2) is 14.4. The van der Waals surface area contributed by atoms with Crippen molar-refractivity contribution in [2.45, 2.75) is 15.2 Å². The lowest BCUT2D eigenvalue weighted by Gasteiger charge is -2.40. The molecule has 61 heavy (non-hydrogen) atoms. The maximum Gasteiger partial charge on any atom is 0.0735 e. The quantitative estimate of drug-likeness (QED) is 0.165. The molecule has 0 radical (unpaired) electrons. The largest absolute Gasteiger partial charge is 0.311 e. The third-order valence-corrected chi connectivity index (χ3v) is 14.0. The zero-order chi connectivity index (χ0) is 40.3. The minimum Gasteiger partial charge on any atom is -0.311 e. The number of anilines is 3. The van der Waals surface area contributed by atoms with Crippen LogP contribution in [0.5, 0.6) is 0 Å². The van der Waals surface area contributed by atoms with Crippen molar-refractivity contribution < 1.29 is 0 Å². The van der Waals surface area contributed by atoms with Crippen molar-refractivity contribution in [3.05, 3.63) is 259 Å². The van der Waals surface area contributed by atoms with Gasteiger partial charge in [-0.15, -0.1) is 0 Å². The van der Waals surface area contributed by atoms with E-state index >= 15 is 0 Å². The molecule has 0 bridgehead atoms. The first-order chi connectivity index (χ1) is 30.3. The highest BCUT2D eigenvalue weighted by Gasteiger charge is 2.50. The van der Waals surface area contributed by atoms with E-state index in [1.807, 2.05) is 11.8 Å². The summed E-state index contributed by atoms with van der Waals surface area (Å²) in [5.41, 5.74) is 18.2.